The molecule has 131 heavy (non-hydrogen) atoms. The van der Waals surface area contributed by atoms with Gasteiger partial charge in [-0.2, -0.15) is 29.9 Å². The molecule has 0 spiro atoms. The second-order valence-corrected chi connectivity index (χ2v) is 38.1. The van der Waals surface area contributed by atoms with E-state index in [2.05, 4.69) is 227 Å². The molecule has 34 heteroatoms. The van der Waals surface area contributed by atoms with Crippen molar-refractivity contribution in [3.05, 3.63) is 213 Å². The SMILES string of the molecule is CCC(=O)c1cccc(Nc2nc(NC(C)(C)C)ncc2C)c1.COc1cc(Nc2nc(NC(C)(C)C)ncc2C)c(Cl)cc1Cl.COc1cc(Nc2nc(NC(C)(C)C)ncc2C)ccc1Cl.COc1cccc(Nc2nc(NC(C)(C)C)ncc2C)c1.Cc1cnc(NC(C)(C)C)nc1Nc1ccc2c(c1)OCO2.Cc1cnc(NC(C)(C)C)nc1Nc1cccc(O)c1. The standard InChI is InChI=1S/C18H24N4O.C16H20Cl2N4O.C16H21ClN4O.C16H20N4O2.C16H22N4O.C15H20N4O/c1-6-15(23)13-8-7-9-14(10-13)20-16-12(2)11-19-17(21-16)22-18(3,4)5;1-9-8-19-15(22-16(2,3)4)21-14(9)20-12-7-13(23-5)11(18)6-10(12)17;1-10-9-18-15(21-16(2,3)4)20-14(10)19-11-6-7-12(17)13(8-11)22-5;1-10-8-17-15(20-16(2,3)4)19-14(10)18-11-5-6-12-13(7-11)22-9-21-12;1-11-10-17-15(20-16(2,3)4)19-14(11)18-12-7-6-8-13(9-12)21-5;1-10-9-16-14(19-15(2,3)4)18-13(10)17-11-6-5-7-12(20)8-11/h7-11H,6H2,1-5H3,(H2,19,20,21,22);6-8H,1-5H3,(H2,19,20,21,22);6-9H,1-5H3,(H2,18,19,20,21);5-8H,9H2,1-4H3,(H2,17,18,19,20);6-10H,1-5H3,(H2,17,18,19,20);5-9,20H,1-4H3,(H2,16,17,18,19). The van der Waals surface area contributed by atoms with Crippen LogP contribution in [0.15, 0.2) is 159 Å². The molecule has 0 saturated carbocycles. The number of Topliss-reactive ketones (excluding diaryl/α,β-unsaturated/α-hetero) is 1. The molecule has 6 aromatic carbocycles. The minimum absolute atomic E-state index is 0.0809. The van der Waals surface area contributed by atoms with Crippen molar-refractivity contribution in [3.63, 3.8) is 0 Å². The summed E-state index contributed by atoms with van der Waals surface area (Å²) in [5.74, 6) is 11.7. The van der Waals surface area contributed by atoms with E-state index in [0.29, 0.717) is 85.7 Å². The zero-order valence-corrected chi connectivity index (χ0v) is 82.6. The number of hydrogen-bond donors (Lipinski definition) is 13. The first-order chi connectivity index (χ1) is 61.4. The van der Waals surface area contributed by atoms with Crippen LogP contribution in [-0.4, -0.2) is 132 Å². The van der Waals surface area contributed by atoms with E-state index in [1.807, 2.05) is 160 Å². The molecular weight excluding hydrogens is 1720 g/mol. The number of nitrogens with zero attached hydrogens (tertiary/aromatic N) is 12. The van der Waals surface area contributed by atoms with E-state index in [-0.39, 0.29) is 51.6 Å². The number of aromatic nitrogens is 12. The molecule has 0 amide bonds. The van der Waals surface area contributed by atoms with E-state index in [1.54, 1.807) is 88.7 Å². The minimum Gasteiger partial charge on any atom is -0.508 e. The van der Waals surface area contributed by atoms with Gasteiger partial charge in [-0.05, 0) is 233 Å². The summed E-state index contributed by atoms with van der Waals surface area (Å²) in [7, 11) is 4.80. The van der Waals surface area contributed by atoms with Crippen LogP contribution in [0.5, 0.6) is 34.5 Å². The fourth-order valence-electron chi connectivity index (χ4n) is 11.3. The zero-order chi connectivity index (χ0) is 96.5. The van der Waals surface area contributed by atoms with E-state index in [9.17, 15) is 9.90 Å². The monoisotopic (exact) mass is 1840 g/mol. The molecule has 0 saturated heterocycles. The molecule has 13 N–H and O–H groups in total. The molecule has 0 radical (unpaired) electrons. The molecule has 31 nitrogen and oxygen atoms in total. The number of methoxy groups -OCH3 is 3. The summed E-state index contributed by atoms with van der Waals surface area (Å²) in [5, 5.41) is 50.1. The van der Waals surface area contributed by atoms with E-state index < -0.39 is 0 Å². The summed E-state index contributed by atoms with van der Waals surface area (Å²) in [4.78, 5) is 64.7. The number of halogens is 3. The molecule has 0 atom stereocenters. The Balaban J connectivity index is 0.000000194. The number of fused-ring (bicyclic) bond motifs is 1. The van der Waals surface area contributed by atoms with Crippen molar-refractivity contribution in [2.75, 3.05) is 91.9 Å². The summed E-state index contributed by atoms with van der Waals surface area (Å²) in [5.41, 5.74) is 10.7. The first kappa shape index (κ1) is 103. The lowest BCUT2D eigenvalue weighted by molar-refractivity contribution is 0.0988. The topological polar surface area (TPSA) is 382 Å². The average molecular weight is 1850 g/mol. The van der Waals surface area contributed by atoms with Gasteiger partial charge in [0.05, 0.1) is 42.1 Å². The maximum atomic E-state index is 11.8. The third kappa shape index (κ3) is 35.3. The van der Waals surface area contributed by atoms with Crippen LogP contribution in [-0.2, 0) is 0 Å². The van der Waals surface area contributed by atoms with Gasteiger partial charge in [-0.15, -0.1) is 0 Å². The van der Waals surface area contributed by atoms with Gasteiger partial charge in [-0.1, -0.05) is 66.0 Å². The highest BCUT2D eigenvalue weighted by atomic mass is 35.5. The summed E-state index contributed by atoms with van der Waals surface area (Å²) in [6, 6.07) is 36.7. The van der Waals surface area contributed by atoms with Crippen molar-refractivity contribution in [2.45, 2.75) is 213 Å². The molecule has 0 aliphatic carbocycles. The number of carbonyl (C=O) groups is 1. The van der Waals surface area contributed by atoms with Crippen LogP contribution < -0.4 is 87.5 Å². The van der Waals surface area contributed by atoms with E-state index in [0.717, 1.165) is 108 Å². The summed E-state index contributed by atoms with van der Waals surface area (Å²) < 4.78 is 26.4. The quantitative estimate of drug-likeness (QED) is 0.0265. The maximum Gasteiger partial charge on any atom is 0.231 e. The van der Waals surface area contributed by atoms with Crippen molar-refractivity contribution < 1.29 is 33.6 Å². The van der Waals surface area contributed by atoms with Crippen LogP contribution >= 0.6 is 34.8 Å². The molecule has 7 heterocycles. The van der Waals surface area contributed by atoms with Gasteiger partial charge in [-0.25, -0.2) is 29.9 Å². The van der Waals surface area contributed by atoms with Gasteiger partial charge in [0.2, 0.25) is 42.5 Å². The predicted molar refractivity (Wildman–Crippen MR) is 536 cm³/mol. The molecule has 1 aliphatic rings. The third-order valence-corrected chi connectivity index (χ3v) is 18.4. The molecular formula is C97H127Cl3N24O7. The van der Waals surface area contributed by atoms with Crippen LogP contribution in [0.3, 0.4) is 0 Å². The van der Waals surface area contributed by atoms with Crippen molar-refractivity contribution in [1.82, 2.24) is 59.8 Å². The summed E-state index contributed by atoms with van der Waals surface area (Å²) in [6.07, 6.45) is 11.2. The van der Waals surface area contributed by atoms with Crippen LogP contribution in [0.4, 0.5) is 105 Å². The Hall–Kier alpha value is -13.3. The van der Waals surface area contributed by atoms with Gasteiger partial charge in [0, 0.05) is 175 Å². The molecule has 0 unspecified atom stereocenters. The largest absolute Gasteiger partial charge is 0.508 e. The first-order valence-electron chi connectivity index (χ1n) is 42.5. The fraction of sp³-hybridized carbons (Fsp3) is 0.371. The highest BCUT2D eigenvalue weighted by Gasteiger charge is 2.22. The van der Waals surface area contributed by atoms with Crippen LogP contribution in [0.1, 0.15) is 182 Å². The number of aryl methyl sites for hydroxylation is 6. The number of ketones is 1. The van der Waals surface area contributed by atoms with Crippen LogP contribution in [0, 0.1) is 41.5 Å². The van der Waals surface area contributed by atoms with Gasteiger partial charge in [0.1, 0.15) is 57.9 Å². The van der Waals surface area contributed by atoms with Crippen LogP contribution in [0.2, 0.25) is 15.1 Å². The lowest BCUT2D eigenvalue weighted by Gasteiger charge is -2.21. The Morgan fingerprint density at radius 3 is 1.03 bits per heavy atom. The molecule has 0 fully saturated rings. The van der Waals surface area contributed by atoms with Gasteiger partial charge in [0.15, 0.2) is 17.3 Å². The summed E-state index contributed by atoms with van der Waals surface area (Å²) in [6.45, 7) is 50.9. The smallest absolute Gasteiger partial charge is 0.231 e. The number of ether oxygens (including phenoxy) is 5. The molecule has 0 bridgehead atoms. The number of phenols is 1. The highest BCUT2D eigenvalue weighted by molar-refractivity contribution is 6.37. The van der Waals surface area contributed by atoms with Crippen molar-refractivity contribution >= 4 is 145 Å². The zero-order valence-electron chi connectivity index (χ0n) is 80.3. The minimum atomic E-state index is -0.131. The number of rotatable bonds is 23. The Morgan fingerprint density at radius 2 is 0.672 bits per heavy atom. The number of anilines is 18. The lowest BCUT2D eigenvalue weighted by atomic mass is 10.1. The molecule has 6 aromatic heterocycles. The maximum absolute atomic E-state index is 11.8. The number of nitrogens with one attached hydrogen (secondary N) is 12. The molecule has 13 rings (SSSR count). The normalized spacial score (nSPS) is 11.5. The van der Waals surface area contributed by atoms with Crippen molar-refractivity contribution in [3.8, 4) is 34.5 Å². The first-order valence-corrected chi connectivity index (χ1v) is 43.7. The van der Waals surface area contributed by atoms with Gasteiger partial charge < -0.3 is 92.6 Å². The number of carbonyl (C=O) groups excluding carboxylic acids is 1. The number of benzene rings is 6. The Morgan fingerprint density at radius 1 is 0.351 bits per heavy atom. The van der Waals surface area contributed by atoms with Crippen molar-refractivity contribution in [2.24, 2.45) is 0 Å². The predicted octanol–water partition coefficient (Wildman–Crippen LogP) is 24.4. The fourth-order valence-corrected chi connectivity index (χ4v) is 12.1. The van der Waals surface area contributed by atoms with E-state index in [1.165, 1.54) is 0 Å². The molecule has 12 aromatic rings. The Labute approximate surface area is 785 Å². The van der Waals surface area contributed by atoms with E-state index >= 15 is 0 Å². The number of hydrogen-bond acceptors (Lipinski definition) is 31. The lowest BCUT2D eigenvalue weighted by Crippen LogP contribution is -2.27. The second-order valence-electron chi connectivity index (χ2n) is 36.9. The van der Waals surface area contributed by atoms with Crippen LogP contribution in [0.25, 0.3) is 0 Å². The Kier molecular flexibility index (Phi) is 36.1. The third-order valence-electron chi connectivity index (χ3n) is 17.5. The van der Waals surface area contributed by atoms with Gasteiger partial charge >= 0.3 is 0 Å². The van der Waals surface area contributed by atoms with Crippen molar-refractivity contribution in [1.29, 1.82) is 0 Å². The number of aromatic hydroxyl groups is 1. The second kappa shape index (κ2) is 45.8. The number of phenolic OH excluding ortho intramolecular Hbond substituents is 1. The van der Waals surface area contributed by atoms with Gasteiger partial charge in [-0.3, -0.25) is 4.79 Å². The summed E-state index contributed by atoms with van der Waals surface area (Å²) >= 11 is 18.3. The van der Waals surface area contributed by atoms with Gasteiger partial charge in [0.25, 0.3) is 0 Å². The highest BCUT2D eigenvalue weighted by Crippen LogP contribution is 2.39. The van der Waals surface area contributed by atoms with E-state index in [4.69, 9.17) is 58.5 Å². The molecule has 698 valence electrons. The molecule has 1 aliphatic heterocycles. The Bertz CT molecular complexity index is 5760. The average Bonchev–Trinajstić information content (AvgIpc) is 1.38.